The molecule has 0 aromatic heterocycles. The summed E-state index contributed by atoms with van der Waals surface area (Å²) in [6.07, 6.45) is 0. The summed E-state index contributed by atoms with van der Waals surface area (Å²) in [6.45, 7) is 5.72. The van der Waals surface area contributed by atoms with Crippen molar-refractivity contribution in [3.63, 3.8) is 0 Å². The Labute approximate surface area is 90.7 Å². The van der Waals surface area contributed by atoms with Gasteiger partial charge in [-0.2, -0.15) is 0 Å². The molecule has 6 heteroatoms. The third-order valence-electron chi connectivity index (χ3n) is 2.72. The number of rotatable bonds is 3. The van der Waals surface area contributed by atoms with E-state index in [1.54, 1.807) is 11.8 Å². The highest BCUT2D eigenvalue weighted by Gasteiger charge is 2.30. The molecule has 1 unspecified atom stereocenters. The zero-order valence-electron chi connectivity index (χ0n) is 9.19. The Morgan fingerprint density at radius 2 is 1.93 bits per heavy atom. The second kappa shape index (κ2) is 4.94. The van der Waals surface area contributed by atoms with Gasteiger partial charge in [0.15, 0.2) is 9.84 Å². The van der Waals surface area contributed by atoms with Crippen molar-refractivity contribution < 1.29 is 13.2 Å². The number of hydrogen-bond acceptors (Lipinski definition) is 4. The Balaban J connectivity index is 2.67. The van der Waals surface area contributed by atoms with Gasteiger partial charge in [-0.25, -0.2) is 8.42 Å². The fourth-order valence-electron chi connectivity index (χ4n) is 1.55. The van der Waals surface area contributed by atoms with E-state index >= 15 is 0 Å². The first-order valence-electron chi connectivity index (χ1n) is 5.20. The smallest absolute Gasteiger partial charge is 0.240 e. The maximum Gasteiger partial charge on any atom is 0.240 e. The van der Waals surface area contributed by atoms with Crippen LogP contribution >= 0.6 is 0 Å². The normalized spacial score (nSPS) is 20.0. The Hall–Kier alpha value is -0.620. The summed E-state index contributed by atoms with van der Waals surface area (Å²) in [5, 5.41) is 2.22. The average Bonchev–Trinajstić information content (AvgIpc) is 2.28. The summed E-state index contributed by atoms with van der Waals surface area (Å²) in [5.41, 5.74) is 0. The van der Waals surface area contributed by atoms with Gasteiger partial charge < -0.3 is 10.2 Å². The molecule has 0 aliphatic carbocycles. The number of nitrogens with one attached hydrogen (secondary N) is 1. The van der Waals surface area contributed by atoms with E-state index in [1.807, 2.05) is 0 Å². The molecule has 1 heterocycles. The second-order valence-electron chi connectivity index (χ2n) is 3.67. The van der Waals surface area contributed by atoms with E-state index in [0.29, 0.717) is 13.1 Å². The van der Waals surface area contributed by atoms with Crippen molar-refractivity contribution in [3.8, 4) is 0 Å². The topological polar surface area (TPSA) is 66.5 Å². The molecule has 15 heavy (non-hydrogen) atoms. The minimum atomic E-state index is -3.26. The van der Waals surface area contributed by atoms with Gasteiger partial charge >= 0.3 is 0 Å². The van der Waals surface area contributed by atoms with Gasteiger partial charge in [0.25, 0.3) is 0 Å². The van der Waals surface area contributed by atoms with Gasteiger partial charge in [0.1, 0.15) is 5.25 Å². The lowest BCUT2D eigenvalue weighted by molar-refractivity contribution is -0.131. The minimum absolute atomic E-state index is 0.0198. The van der Waals surface area contributed by atoms with E-state index in [2.05, 4.69) is 5.32 Å². The van der Waals surface area contributed by atoms with Crippen LogP contribution in [-0.4, -0.2) is 56.4 Å². The summed E-state index contributed by atoms with van der Waals surface area (Å²) in [7, 11) is -3.26. The summed E-state index contributed by atoms with van der Waals surface area (Å²) in [6, 6.07) is 0. The van der Waals surface area contributed by atoms with Crippen molar-refractivity contribution in [2.45, 2.75) is 19.1 Å². The van der Waals surface area contributed by atoms with Crippen LogP contribution in [0.1, 0.15) is 13.8 Å². The number of nitrogens with zero attached hydrogens (tertiary/aromatic N) is 1. The van der Waals surface area contributed by atoms with Gasteiger partial charge in [0, 0.05) is 31.9 Å². The summed E-state index contributed by atoms with van der Waals surface area (Å²) in [5.74, 6) is -0.246. The van der Waals surface area contributed by atoms with Crippen molar-refractivity contribution >= 4 is 15.7 Å². The zero-order chi connectivity index (χ0) is 11.5. The van der Waals surface area contributed by atoms with Gasteiger partial charge in [-0.05, 0) is 6.92 Å². The monoisotopic (exact) mass is 234 g/mol. The molecule has 0 spiro atoms. The number of sulfone groups is 1. The first-order valence-corrected chi connectivity index (χ1v) is 6.91. The molecule has 1 amide bonds. The molecule has 1 N–H and O–H groups in total. The van der Waals surface area contributed by atoms with Crippen LogP contribution in [0, 0.1) is 0 Å². The Bertz CT molecular complexity index is 320. The van der Waals surface area contributed by atoms with Crippen molar-refractivity contribution in [3.05, 3.63) is 0 Å². The molecular formula is C9H18N2O3S. The third-order valence-corrected chi connectivity index (χ3v) is 4.80. The van der Waals surface area contributed by atoms with Crippen molar-refractivity contribution in [1.29, 1.82) is 0 Å². The molecule has 0 bridgehead atoms. The van der Waals surface area contributed by atoms with E-state index in [0.717, 1.165) is 13.1 Å². The highest BCUT2D eigenvalue weighted by Crippen LogP contribution is 2.07. The molecule has 0 aromatic rings. The van der Waals surface area contributed by atoms with Crippen molar-refractivity contribution in [2.75, 3.05) is 31.9 Å². The maximum atomic E-state index is 11.8. The molecule has 0 saturated carbocycles. The van der Waals surface area contributed by atoms with E-state index < -0.39 is 15.1 Å². The number of carbonyl (C=O) groups excluding carboxylic acids is 1. The predicted molar refractivity (Wildman–Crippen MR) is 58.4 cm³/mol. The minimum Gasteiger partial charge on any atom is -0.339 e. The van der Waals surface area contributed by atoms with Crippen LogP contribution in [-0.2, 0) is 14.6 Å². The molecule has 1 rings (SSSR count). The van der Waals surface area contributed by atoms with E-state index in [4.69, 9.17) is 0 Å². The molecule has 0 radical (unpaired) electrons. The van der Waals surface area contributed by atoms with Crippen LogP contribution < -0.4 is 5.32 Å². The van der Waals surface area contributed by atoms with Crippen LogP contribution in [0.25, 0.3) is 0 Å². The SMILES string of the molecule is CCS(=O)(=O)C(C)C(=O)N1CCNCC1. The molecule has 88 valence electrons. The summed E-state index contributed by atoms with van der Waals surface area (Å²) >= 11 is 0. The number of hydrogen-bond donors (Lipinski definition) is 1. The summed E-state index contributed by atoms with van der Waals surface area (Å²) < 4.78 is 23.0. The van der Waals surface area contributed by atoms with Gasteiger partial charge in [-0.3, -0.25) is 4.79 Å². The third kappa shape index (κ3) is 2.92. The first kappa shape index (κ1) is 12.4. The lowest BCUT2D eigenvalue weighted by Crippen LogP contribution is -2.50. The van der Waals surface area contributed by atoms with Gasteiger partial charge in [-0.15, -0.1) is 0 Å². The van der Waals surface area contributed by atoms with Crippen LogP contribution in [0.3, 0.4) is 0 Å². The number of carbonyl (C=O) groups is 1. The zero-order valence-corrected chi connectivity index (χ0v) is 10.0. The quantitative estimate of drug-likeness (QED) is 0.697. The fourth-order valence-corrected chi connectivity index (χ4v) is 2.50. The lowest BCUT2D eigenvalue weighted by atomic mass is 10.3. The largest absolute Gasteiger partial charge is 0.339 e. The van der Waals surface area contributed by atoms with Crippen LogP contribution in [0.5, 0.6) is 0 Å². The van der Waals surface area contributed by atoms with E-state index in [1.165, 1.54) is 6.92 Å². The Kier molecular flexibility index (Phi) is 4.10. The van der Waals surface area contributed by atoms with E-state index in [9.17, 15) is 13.2 Å². The number of piperazine rings is 1. The van der Waals surface area contributed by atoms with Gasteiger partial charge in [-0.1, -0.05) is 6.92 Å². The Morgan fingerprint density at radius 3 is 2.40 bits per heavy atom. The second-order valence-corrected chi connectivity index (χ2v) is 6.28. The van der Waals surface area contributed by atoms with Gasteiger partial charge in [0.05, 0.1) is 0 Å². The predicted octanol–water partition coefficient (Wildman–Crippen LogP) is -0.759. The first-order chi connectivity index (χ1) is 6.99. The molecule has 5 nitrogen and oxygen atoms in total. The maximum absolute atomic E-state index is 11.8. The van der Waals surface area contributed by atoms with Crippen LogP contribution in [0.2, 0.25) is 0 Å². The molecule has 1 fully saturated rings. The molecule has 1 atom stereocenters. The summed E-state index contributed by atoms with van der Waals surface area (Å²) in [4.78, 5) is 13.4. The standard InChI is InChI=1S/C9H18N2O3S/c1-3-15(13,14)8(2)9(12)11-6-4-10-5-7-11/h8,10H,3-7H2,1-2H3. The Morgan fingerprint density at radius 1 is 1.40 bits per heavy atom. The average molecular weight is 234 g/mol. The molecule has 1 aliphatic rings. The molecule has 0 aromatic carbocycles. The molecule has 1 aliphatic heterocycles. The van der Waals surface area contributed by atoms with Crippen LogP contribution in [0.4, 0.5) is 0 Å². The van der Waals surface area contributed by atoms with Gasteiger partial charge in [0.2, 0.25) is 5.91 Å². The molecular weight excluding hydrogens is 216 g/mol. The van der Waals surface area contributed by atoms with Crippen molar-refractivity contribution in [2.24, 2.45) is 0 Å². The number of amides is 1. The fraction of sp³-hybridized carbons (Fsp3) is 0.889. The van der Waals surface area contributed by atoms with Crippen LogP contribution in [0.15, 0.2) is 0 Å². The lowest BCUT2D eigenvalue weighted by Gasteiger charge is -2.29. The van der Waals surface area contributed by atoms with E-state index in [-0.39, 0.29) is 11.7 Å². The molecule has 1 saturated heterocycles. The highest BCUT2D eigenvalue weighted by atomic mass is 32.2. The highest BCUT2D eigenvalue weighted by molar-refractivity contribution is 7.92. The van der Waals surface area contributed by atoms with Crippen molar-refractivity contribution in [1.82, 2.24) is 10.2 Å².